The average Bonchev–Trinajstić information content (AvgIpc) is 2.77. The maximum atomic E-state index is 12.4. The van der Waals surface area contributed by atoms with Crippen LogP contribution in [0.1, 0.15) is 39.5 Å². The van der Waals surface area contributed by atoms with Gasteiger partial charge >= 0.3 is 0 Å². The number of likely N-dealkylation sites (tertiary alicyclic amines) is 1. The minimum atomic E-state index is -0.548. The fourth-order valence-electron chi connectivity index (χ4n) is 2.90. The van der Waals surface area contributed by atoms with E-state index >= 15 is 0 Å². The number of nitrogens with zero attached hydrogens (tertiary/aromatic N) is 1. The summed E-state index contributed by atoms with van der Waals surface area (Å²) in [5.41, 5.74) is -0.548. The van der Waals surface area contributed by atoms with Crippen LogP contribution in [-0.2, 0) is 9.53 Å². The van der Waals surface area contributed by atoms with Crippen LogP contribution in [0.15, 0.2) is 0 Å². The molecule has 2 aliphatic heterocycles. The highest BCUT2D eigenvalue weighted by Gasteiger charge is 2.41. The molecule has 2 heterocycles. The van der Waals surface area contributed by atoms with Gasteiger partial charge < -0.3 is 15.0 Å². The van der Waals surface area contributed by atoms with Crippen LogP contribution in [-0.4, -0.2) is 48.7 Å². The largest absolute Gasteiger partial charge is 0.365 e. The molecule has 0 saturated carbocycles. The van der Waals surface area contributed by atoms with Gasteiger partial charge in [0.25, 0.3) is 5.91 Å². The van der Waals surface area contributed by atoms with Gasteiger partial charge in [-0.1, -0.05) is 6.92 Å². The number of piperidine rings is 1. The Kier molecular flexibility index (Phi) is 4.05. The molecular weight excluding hydrogens is 216 g/mol. The lowest BCUT2D eigenvalue weighted by atomic mass is 9.98. The van der Waals surface area contributed by atoms with Crippen molar-refractivity contribution in [2.45, 2.75) is 51.2 Å². The van der Waals surface area contributed by atoms with Crippen LogP contribution in [0.2, 0.25) is 0 Å². The van der Waals surface area contributed by atoms with E-state index in [1.165, 1.54) is 6.42 Å². The number of carbonyl (C=O) groups excluding carboxylic acids is 1. The van der Waals surface area contributed by atoms with E-state index in [-0.39, 0.29) is 5.91 Å². The highest BCUT2D eigenvalue weighted by atomic mass is 16.5. The Morgan fingerprint density at radius 1 is 1.53 bits per heavy atom. The Morgan fingerprint density at radius 3 is 3.00 bits per heavy atom. The summed E-state index contributed by atoms with van der Waals surface area (Å²) in [4.78, 5) is 14.4. The standard InChI is InChI=1S/C13H24N2O2/c1-3-14-11-6-4-8-15(10-11)12(16)13(2)7-5-9-17-13/h11,14H,3-10H2,1-2H3. The molecule has 0 aliphatic carbocycles. The molecule has 1 amide bonds. The van der Waals surface area contributed by atoms with Crippen molar-refractivity contribution in [1.29, 1.82) is 0 Å². The molecule has 2 saturated heterocycles. The number of likely N-dealkylation sites (N-methyl/N-ethyl adjacent to an activating group) is 1. The van der Waals surface area contributed by atoms with Crippen LogP contribution in [0, 0.1) is 0 Å². The van der Waals surface area contributed by atoms with Gasteiger partial charge in [-0.3, -0.25) is 4.79 Å². The first-order valence-corrected chi connectivity index (χ1v) is 6.82. The minimum absolute atomic E-state index is 0.192. The Hall–Kier alpha value is -0.610. The Balaban J connectivity index is 1.94. The van der Waals surface area contributed by atoms with Gasteiger partial charge in [-0.15, -0.1) is 0 Å². The van der Waals surface area contributed by atoms with E-state index in [1.54, 1.807) is 0 Å². The van der Waals surface area contributed by atoms with Gasteiger partial charge in [0.15, 0.2) is 0 Å². The predicted molar refractivity (Wildman–Crippen MR) is 66.9 cm³/mol. The summed E-state index contributed by atoms with van der Waals surface area (Å²) in [6.07, 6.45) is 4.15. The van der Waals surface area contributed by atoms with Gasteiger partial charge in [-0.05, 0) is 39.2 Å². The van der Waals surface area contributed by atoms with Crippen molar-refractivity contribution in [2.75, 3.05) is 26.2 Å². The lowest BCUT2D eigenvalue weighted by Gasteiger charge is -2.37. The zero-order valence-electron chi connectivity index (χ0n) is 11.0. The molecule has 2 fully saturated rings. The molecule has 0 aromatic heterocycles. The summed E-state index contributed by atoms with van der Waals surface area (Å²) in [6.45, 7) is 7.49. The molecule has 2 aliphatic rings. The molecule has 0 spiro atoms. The maximum absolute atomic E-state index is 12.4. The number of amides is 1. The third kappa shape index (κ3) is 2.80. The topological polar surface area (TPSA) is 41.6 Å². The second kappa shape index (κ2) is 5.36. The van der Waals surface area contributed by atoms with Crippen LogP contribution in [0.3, 0.4) is 0 Å². The van der Waals surface area contributed by atoms with Crippen LogP contribution in [0.4, 0.5) is 0 Å². The summed E-state index contributed by atoms with van der Waals surface area (Å²) < 4.78 is 5.64. The van der Waals surface area contributed by atoms with Crippen LogP contribution in [0.25, 0.3) is 0 Å². The first-order valence-electron chi connectivity index (χ1n) is 6.82. The van der Waals surface area contributed by atoms with Crippen molar-refractivity contribution in [1.82, 2.24) is 10.2 Å². The second-order valence-corrected chi connectivity index (χ2v) is 5.33. The number of hydrogen-bond donors (Lipinski definition) is 1. The Morgan fingerprint density at radius 2 is 2.35 bits per heavy atom. The molecule has 1 N–H and O–H groups in total. The van der Waals surface area contributed by atoms with Crippen molar-refractivity contribution in [3.8, 4) is 0 Å². The molecule has 0 aromatic rings. The van der Waals surface area contributed by atoms with E-state index in [1.807, 2.05) is 11.8 Å². The van der Waals surface area contributed by atoms with Gasteiger partial charge in [0, 0.05) is 25.7 Å². The molecule has 0 aromatic carbocycles. The van der Waals surface area contributed by atoms with Crippen LogP contribution in [0.5, 0.6) is 0 Å². The fraction of sp³-hybridized carbons (Fsp3) is 0.923. The molecule has 4 nitrogen and oxygen atoms in total. The summed E-state index contributed by atoms with van der Waals surface area (Å²) in [6, 6.07) is 0.461. The van der Waals surface area contributed by atoms with E-state index < -0.39 is 5.60 Å². The fourth-order valence-corrected chi connectivity index (χ4v) is 2.90. The first-order chi connectivity index (χ1) is 8.15. The first kappa shape index (κ1) is 12.8. The van der Waals surface area contributed by atoms with Crippen LogP contribution < -0.4 is 5.32 Å². The monoisotopic (exact) mass is 240 g/mol. The van der Waals surface area contributed by atoms with E-state index in [0.717, 1.165) is 45.5 Å². The molecule has 2 unspecified atom stereocenters. The Bertz CT molecular complexity index is 273. The third-order valence-electron chi connectivity index (χ3n) is 3.87. The van der Waals surface area contributed by atoms with Crippen molar-refractivity contribution < 1.29 is 9.53 Å². The van der Waals surface area contributed by atoms with E-state index in [2.05, 4.69) is 12.2 Å². The summed E-state index contributed by atoms with van der Waals surface area (Å²) in [5.74, 6) is 0.192. The predicted octanol–water partition coefficient (Wildman–Crippen LogP) is 1.16. The van der Waals surface area contributed by atoms with Crippen molar-refractivity contribution in [3.05, 3.63) is 0 Å². The highest BCUT2D eigenvalue weighted by Crippen LogP contribution is 2.28. The normalized spacial score (nSPS) is 34.0. The Labute approximate surface area is 104 Å². The molecule has 2 atom stereocenters. The molecule has 0 radical (unpaired) electrons. The van der Waals surface area contributed by atoms with Gasteiger partial charge in [-0.25, -0.2) is 0 Å². The molecular formula is C13H24N2O2. The molecule has 17 heavy (non-hydrogen) atoms. The minimum Gasteiger partial charge on any atom is -0.365 e. The molecule has 98 valence electrons. The van der Waals surface area contributed by atoms with Crippen molar-refractivity contribution >= 4 is 5.91 Å². The van der Waals surface area contributed by atoms with Crippen molar-refractivity contribution in [3.63, 3.8) is 0 Å². The van der Waals surface area contributed by atoms with E-state index in [0.29, 0.717) is 6.04 Å². The quantitative estimate of drug-likeness (QED) is 0.805. The van der Waals surface area contributed by atoms with Crippen molar-refractivity contribution in [2.24, 2.45) is 0 Å². The number of carbonyl (C=O) groups is 1. The zero-order chi connectivity index (χ0) is 12.3. The number of rotatable bonds is 3. The SMILES string of the molecule is CCNC1CCCN(C(=O)C2(C)CCCO2)C1. The van der Waals surface area contributed by atoms with Gasteiger partial charge in [0.05, 0.1) is 0 Å². The van der Waals surface area contributed by atoms with E-state index in [4.69, 9.17) is 4.74 Å². The van der Waals surface area contributed by atoms with Gasteiger partial charge in [0.1, 0.15) is 5.60 Å². The number of nitrogens with one attached hydrogen (secondary N) is 1. The third-order valence-corrected chi connectivity index (χ3v) is 3.87. The summed E-state index contributed by atoms with van der Waals surface area (Å²) in [7, 11) is 0. The molecule has 2 rings (SSSR count). The molecule has 0 bridgehead atoms. The average molecular weight is 240 g/mol. The van der Waals surface area contributed by atoms with Gasteiger partial charge in [-0.2, -0.15) is 0 Å². The lowest BCUT2D eigenvalue weighted by molar-refractivity contribution is -0.152. The van der Waals surface area contributed by atoms with E-state index in [9.17, 15) is 4.79 Å². The number of ether oxygens (including phenoxy) is 1. The smallest absolute Gasteiger partial charge is 0.254 e. The summed E-state index contributed by atoms with van der Waals surface area (Å²) >= 11 is 0. The lowest BCUT2D eigenvalue weighted by Crippen LogP contribution is -2.54. The number of hydrogen-bond acceptors (Lipinski definition) is 3. The second-order valence-electron chi connectivity index (χ2n) is 5.33. The summed E-state index contributed by atoms with van der Waals surface area (Å²) in [5, 5.41) is 3.44. The highest BCUT2D eigenvalue weighted by molar-refractivity contribution is 5.85. The zero-order valence-corrected chi connectivity index (χ0v) is 11.0. The molecule has 4 heteroatoms. The maximum Gasteiger partial charge on any atom is 0.254 e. The van der Waals surface area contributed by atoms with Gasteiger partial charge in [0.2, 0.25) is 0 Å². The van der Waals surface area contributed by atoms with Crippen LogP contribution >= 0.6 is 0 Å².